The van der Waals surface area contributed by atoms with E-state index in [9.17, 15) is 52.1 Å². The first kappa shape index (κ1) is 37.5. The average Bonchev–Trinajstić information content (AvgIpc) is 2.77. The van der Waals surface area contributed by atoms with Crippen LogP contribution >= 0.6 is 0 Å². The second kappa shape index (κ2) is 16.6. The molecule has 0 nitrogen and oxygen atoms in total. The van der Waals surface area contributed by atoms with Crippen LogP contribution in [-0.4, -0.2) is 27.4 Å². The summed E-state index contributed by atoms with van der Waals surface area (Å²) in [5, 5.41) is 0. The van der Waals surface area contributed by atoms with Crippen LogP contribution in [0.2, 0.25) is 0 Å². The summed E-state index contributed by atoms with van der Waals surface area (Å²) in [5.74, 6) is 6.86. The van der Waals surface area contributed by atoms with Crippen LogP contribution in [0.3, 0.4) is 0 Å². The predicted octanol–water partition coefficient (Wildman–Crippen LogP) is 8.07. The Morgan fingerprint density at radius 2 is 0.576 bits per heavy atom. The van der Waals surface area contributed by atoms with Crippen LogP contribution in [0.4, 0.5) is 52.1 Å². The molecule has 2 fully saturated rings. The van der Waals surface area contributed by atoms with Gasteiger partial charge in [-0.25, -0.2) is 17.6 Å². The average molecular weight is 679 g/mol. The number of hydrogen-bond donors (Lipinski definition) is 0. The molecule has 0 aliphatic heterocycles. The molecule has 191 valence electrons. The Morgan fingerprint density at radius 1 is 0.455 bits per heavy atom. The van der Waals surface area contributed by atoms with Crippen molar-refractivity contribution in [3.05, 3.63) is 67.1 Å². The van der Waals surface area contributed by atoms with Gasteiger partial charge in [-0.15, -0.1) is 0 Å². The van der Waals surface area contributed by atoms with Gasteiger partial charge in [0.15, 0.2) is 0 Å². The van der Waals surface area contributed by atoms with E-state index >= 15 is 0 Å². The van der Waals surface area contributed by atoms with Gasteiger partial charge in [0.05, 0.1) is 0 Å². The van der Waals surface area contributed by atoms with Gasteiger partial charge in [0.1, 0.15) is 0 Å². The van der Waals surface area contributed by atoms with Crippen molar-refractivity contribution in [2.24, 2.45) is 0 Å². The van der Waals surface area contributed by atoms with E-state index in [2.05, 4.69) is 34.6 Å². The molecule has 2 saturated carbocycles. The summed E-state index contributed by atoms with van der Waals surface area (Å²) in [6.45, 7) is 11.0. The summed E-state index contributed by atoms with van der Waals surface area (Å²) in [6.07, 6.45) is -1.18. The molecule has 33 heavy (non-hydrogen) atoms. The van der Waals surface area contributed by atoms with Crippen molar-refractivity contribution in [3.63, 3.8) is 0 Å². The van der Waals surface area contributed by atoms with E-state index in [-0.39, 0.29) is 31.9 Å². The van der Waals surface area contributed by atoms with E-state index in [1.807, 2.05) is 0 Å². The molecular formula is C18H21B2F12Ir+. The molecule has 0 N–H and O–H groups in total. The van der Waals surface area contributed by atoms with Crippen LogP contribution in [0.15, 0.2) is 0 Å². The zero-order chi connectivity index (χ0) is 26.0. The summed E-state index contributed by atoms with van der Waals surface area (Å²) in [5.41, 5.74) is 0. The van der Waals surface area contributed by atoms with Crippen LogP contribution in [0.1, 0.15) is 34.6 Å². The molecule has 0 spiro atoms. The molecule has 0 heterocycles. The van der Waals surface area contributed by atoms with Crippen LogP contribution in [0, 0.1) is 67.1 Å². The first-order valence-corrected chi connectivity index (χ1v) is 8.77. The van der Waals surface area contributed by atoms with Crippen molar-refractivity contribution in [1.29, 1.82) is 0 Å². The van der Waals surface area contributed by atoms with Crippen LogP contribution in [-0.2, 0) is 20.1 Å². The fourth-order valence-corrected chi connectivity index (χ4v) is 2.19. The van der Waals surface area contributed by atoms with E-state index in [1.54, 1.807) is 0 Å². The van der Waals surface area contributed by atoms with Gasteiger partial charge in [-0.2, -0.15) is 0 Å². The van der Waals surface area contributed by atoms with Crippen LogP contribution in [0.5, 0.6) is 0 Å². The third-order valence-corrected chi connectivity index (χ3v) is 4.25. The summed E-state index contributed by atoms with van der Waals surface area (Å²) >= 11 is 0. The molecule has 0 unspecified atom stereocenters. The largest absolute Gasteiger partial charge is 3.00 e. The fraction of sp³-hybridized carbons (Fsp3) is 0.389. The Hall–Kier alpha value is -0.0608. The monoisotopic (exact) mass is 680 g/mol. The number of halogens is 12. The zero-order valence-corrected chi connectivity index (χ0v) is 20.4. The Labute approximate surface area is 201 Å². The Balaban J connectivity index is -0.000000388. The Bertz CT molecular complexity index is 397. The van der Waals surface area contributed by atoms with Gasteiger partial charge in [-0.1, -0.05) is 34.6 Å². The third kappa shape index (κ3) is 19.9. The van der Waals surface area contributed by atoms with Crippen LogP contribution in [0.25, 0.3) is 0 Å². The first-order chi connectivity index (χ1) is 14.2. The maximum atomic E-state index is 11.9. The summed E-state index contributed by atoms with van der Waals surface area (Å²) in [7, 11) is -12.0. The zero-order valence-electron chi connectivity index (χ0n) is 18.0. The van der Waals surface area contributed by atoms with Gasteiger partial charge in [-0.05, 0) is 55.3 Å². The quantitative estimate of drug-likeness (QED) is 0.205. The smallest absolute Gasteiger partial charge is 0.418 e. The SMILES string of the molecule is C[C]1[C](C)[C](C)[C](C)[C]1C.FC(F)[C]1[CH][CH][C](C(F)F)[CH][CH]1.F[B-](F)(F)F.F[B-](F)(F)F.[Ir+3]. The molecule has 0 amide bonds. The van der Waals surface area contributed by atoms with Crippen molar-refractivity contribution in [3.8, 4) is 0 Å². The summed E-state index contributed by atoms with van der Waals surface area (Å²) in [6, 6.07) is 0. The molecule has 2 rings (SSSR count). The molecule has 2 aliphatic rings. The van der Waals surface area contributed by atoms with Crippen molar-refractivity contribution in [2.45, 2.75) is 47.5 Å². The fourth-order valence-electron chi connectivity index (χ4n) is 2.19. The molecule has 0 bridgehead atoms. The molecule has 0 saturated heterocycles. The van der Waals surface area contributed by atoms with Gasteiger partial charge in [0.2, 0.25) is 12.9 Å². The van der Waals surface area contributed by atoms with E-state index in [0.717, 1.165) is 25.7 Å². The molecule has 0 aromatic rings. The van der Waals surface area contributed by atoms with E-state index in [0.29, 0.717) is 0 Å². The Morgan fingerprint density at radius 3 is 0.667 bits per heavy atom. The molecule has 11 radical (unpaired) electrons. The predicted molar refractivity (Wildman–Crippen MR) is 101 cm³/mol. The molecule has 0 atom stereocenters. The maximum Gasteiger partial charge on any atom is 3.00 e. The molecular weight excluding hydrogens is 658 g/mol. The molecule has 15 heteroatoms. The maximum absolute atomic E-state index is 11.9. The topological polar surface area (TPSA) is 0 Å². The molecule has 0 aromatic carbocycles. The molecule has 0 aromatic heterocycles. The summed E-state index contributed by atoms with van der Waals surface area (Å²) < 4.78 is 126. The van der Waals surface area contributed by atoms with Gasteiger partial charge in [0.25, 0.3) is 0 Å². The standard InChI is InChI=1S/C10H15.C8H6F4.2BF4.Ir/c1-6-7(2)9(4)10(5)8(6)3;9-7(10)5-1-2-6(4-3-5)8(11)12;2*2-1(3,4)5;/h1-5H3;1-4,7-8H;;;/q;;2*-1;+3. The van der Waals surface area contributed by atoms with E-state index in [1.165, 1.54) is 29.6 Å². The van der Waals surface area contributed by atoms with E-state index < -0.39 is 27.4 Å². The Kier molecular flexibility index (Phi) is 18.8. The van der Waals surface area contributed by atoms with Crippen LogP contribution < -0.4 is 0 Å². The van der Waals surface area contributed by atoms with E-state index in [4.69, 9.17) is 0 Å². The number of hydrogen-bond acceptors (Lipinski definition) is 0. The summed E-state index contributed by atoms with van der Waals surface area (Å²) in [4.78, 5) is 0. The van der Waals surface area contributed by atoms with Gasteiger partial charge >= 0.3 is 34.6 Å². The number of alkyl halides is 4. The van der Waals surface area contributed by atoms with Crippen molar-refractivity contribution in [2.75, 3.05) is 0 Å². The first-order valence-electron chi connectivity index (χ1n) is 8.77. The van der Waals surface area contributed by atoms with Gasteiger partial charge in [-0.3, -0.25) is 0 Å². The van der Waals surface area contributed by atoms with Crippen molar-refractivity contribution >= 4 is 14.5 Å². The third-order valence-electron chi connectivity index (χ3n) is 4.25. The normalized spacial score (nSPS) is 20.5. The van der Waals surface area contributed by atoms with Gasteiger partial charge < -0.3 is 34.5 Å². The minimum atomic E-state index is -6.00. The van der Waals surface area contributed by atoms with Crippen molar-refractivity contribution in [1.82, 2.24) is 0 Å². The molecule has 2 aliphatic carbocycles. The minimum absolute atomic E-state index is 0. The second-order valence-electron chi connectivity index (χ2n) is 6.38. The second-order valence-corrected chi connectivity index (χ2v) is 6.38. The minimum Gasteiger partial charge on any atom is -0.418 e. The van der Waals surface area contributed by atoms with Gasteiger partial charge in [0, 0.05) is 11.8 Å². The van der Waals surface area contributed by atoms with Crippen molar-refractivity contribution < 1.29 is 72.2 Å². The number of rotatable bonds is 2.